The molecule has 1 aromatic carbocycles. The van der Waals surface area contributed by atoms with Crippen LogP contribution in [0.2, 0.25) is 0 Å². The third-order valence-corrected chi connectivity index (χ3v) is 2.66. The Bertz CT molecular complexity index is 615. The highest BCUT2D eigenvalue weighted by molar-refractivity contribution is 5.95. The zero-order valence-corrected chi connectivity index (χ0v) is 10.3. The lowest BCUT2D eigenvalue weighted by atomic mass is 10.2. The fraction of sp³-hybridized carbons (Fsp3) is 0.0769. The summed E-state index contributed by atoms with van der Waals surface area (Å²) in [5, 5.41) is 11.5. The molecular weight excluding hydrogens is 247 g/mol. The molecule has 0 aliphatic rings. The Morgan fingerprint density at radius 1 is 1.26 bits per heavy atom. The highest BCUT2D eigenvalue weighted by Crippen LogP contribution is 2.24. The smallest absolute Gasteiger partial charge is 0.188 e. The van der Waals surface area contributed by atoms with Crippen molar-refractivity contribution in [2.75, 3.05) is 11.9 Å². The van der Waals surface area contributed by atoms with E-state index in [1.807, 2.05) is 0 Å². The van der Waals surface area contributed by atoms with Crippen molar-refractivity contribution in [1.82, 2.24) is 4.98 Å². The van der Waals surface area contributed by atoms with Crippen molar-refractivity contribution in [2.24, 2.45) is 10.9 Å². The third-order valence-electron chi connectivity index (χ3n) is 2.66. The zero-order valence-electron chi connectivity index (χ0n) is 10.3. The molecule has 5 nitrogen and oxygen atoms in total. The number of pyridine rings is 1. The van der Waals surface area contributed by atoms with E-state index in [2.05, 4.69) is 10.1 Å². The van der Waals surface area contributed by atoms with Crippen molar-refractivity contribution in [3.63, 3.8) is 0 Å². The van der Waals surface area contributed by atoms with Crippen molar-refractivity contribution in [1.29, 1.82) is 0 Å². The van der Waals surface area contributed by atoms with Gasteiger partial charge in [-0.3, -0.25) is 0 Å². The first-order valence-corrected chi connectivity index (χ1v) is 5.56. The first-order chi connectivity index (χ1) is 9.13. The molecule has 0 saturated heterocycles. The fourth-order valence-corrected chi connectivity index (χ4v) is 1.65. The van der Waals surface area contributed by atoms with E-state index in [1.54, 1.807) is 48.3 Å². The van der Waals surface area contributed by atoms with Crippen LogP contribution in [-0.2, 0) is 0 Å². The number of rotatable bonds is 3. The number of hydrogen-bond acceptors (Lipinski definition) is 4. The van der Waals surface area contributed by atoms with E-state index in [4.69, 9.17) is 10.9 Å². The maximum Gasteiger partial charge on any atom is 0.188 e. The van der Waals surface area contributed by atoms with Gasteiger partial charge in [0.25, 0.3) is 0 Å². The van der Waals surface area contributed by atoms with E-state index in [0.717, 1.165) is 0 Å². The highest BCUT2D eigenvalue weighted by atomic mass is 19.1. The molecule has 2 aromatic rings. The Balaban J connectivity index is 2.40. The molecule has 0 fully saturated rings. The first-order valence-electron chi connectivity index (χ1n) is 5.56. The summed E-state index contributed by atoms with van der Waals surface area (Å²) in [5.41, 5.74) is 6.19. The standard InChI is InChI=1S/C13H13FN4O/c1-18(11-7-3-2-5-9(11)14)12-8-4-6-10(16-12)13(15)17-19/h2-8,19H,1H3,(H2,15,17). The molecule has 3 N–H and O–H groups in total. The molecule has 0 aliphatic heterocycles. The van der Waals surface area contributed by atoms with Crippen LogP contribution in [0, 0.1) is 5.82 Å². The molecule has 0 bridgehead atoms. The molecule has 0 atom stereocenters. The van der Waals surface area contributed by atoms with Crippen LogP contribution in [0.1, 0.15) is 5.69 Å². The number of aromatic nitrogens is 1. The van der Waals surface area contributed by atoms with E-state index in [1.165, 1.54) is 6.07 Å². The maximum atomic E-state index is 13.7. The molecule has 98 valence electrons. The van der Waals surface area contributed by atoms with E-state index in [9.17, 15) is 4.39 Å². The predicted molar refractivity (Wildman–Crippen MR) is 71.2 cm³/mol. The van der Waals surface area contributed by atoms with Gasteiger partial charge in [0.2, 0.25) is 0 Å². The van der Waals surface area contributed by atoms with E-state index < -0.39 is 0 Å². The van der Waals surface area contributed by atoms with Crippen LogP contribution >= 0.6 is 0 Å². The minimum atomic E-state index is -0.346. The molecule has 1 aromatic heterocycles. The van der Waals surface area contributed by atoms with Crippen LogP contribution in [0.3, 0.4) is 0 Å². The summed E-state index contributed by atoms with van der Waals surface area (Å²) in [6.45, 7) is 0. The number of halogens is 1. The SMILES string of the molecule is CN(c1cccc(C(N)=NO)n1)c1ccccc1F. The Labute approximate surface area is 109 Å². The minimum absolute atomic E-state index is 0.0937. The lowest BCUT2D eigenvalue weighted by molar-refractivity contribution is 0.318. The van der Waals surface area contributed by atoms with Gasteiger partial charge in [-0.05, 0) is 24.3 Å². The van der Waals surface area contributed by atoms with Crippen molar-refractivity contribution in [3.8, 4) is 0 Å². The van der Waals surface area contributed by atoms with Crippen LogP contribution in [0.4, 0.5) is 15.9 Å². The van der Waals surface area contributed by atoms with Crippen molar-refractivity contribution in [2.45, 2.75) is 0 Å². The summed E-state index contributed by atoms with van der Waals surface area (Å²) in [6, 6.07) is 11.4. The normalized spacial score (nSPS) is 11.4. The first kappa shape index (κ1) is 12.8. The Hall–Kier alpha value is -2.63. The second-order valence-corrected chi connectivity index (χ2v) is 3.88. The van der Waals surface area contributed by atoms with Crippen LogP contribution < -0.4 is 10.6 Å². The summed E-state index contributed by atoms with van der Waals surface area (Å²) in [5.74, 6) is 0.0546. The van der Waals surface area contributed by atoms with Gasteiger partial charge < -0.3 is 15.8 Å². The number of oxime groups is 1. The average Bonchev–Trinajstić information content (AvgIpc) is 2.46. The Morgan fingerprint density at radius 2 is 2.00 bits per heavy atom. The number of para-hydroxylation sites is 1. The van der Waals surface area contributed by atoms with Crippen LogP contribution in [0.5, 0.6) is 0 Å². The van der Waals surface area contributed by atoms with Gasteiger partial charge in [-0.15, -0.1) is 0 Å². The van der Waals surface area contributed by atoms with E-state index >= 15 is 0 Å². The van der Waals surface area contributed by atoms with Gasteiger partial charge in [-0.1, -0.05) is 23.4 Å². The topological polar surface area (TPSA) is 74.7 Å². The summed E-state index contributed by atoms with van der Waals surface area (Å²) in [7, 11) is 1.69. The predicted octanol–water partition coefficient (Wildman–Crippen LogP) is 2.08. The van der Waals surface area contributed by atoms with Gasteiger partial charge in [0.15, 0.2) is 5.84 Å². The largest absolute Gasteiger partial charge is 0.409 e. The molecule has 2 rings (SSSR count). The number of hydrogen-bond donors (Lipinski definition) is 2. The van der Waals surface area contributed by atoms with Crippen molar-refractivity contribution >= 4 is 17.3 Å². The van der Waals surface area contributed by atoms with Crippen LogP contribution in [0.25, 0.3) is 0 Å². The van der Waals surface area contributed by atoms with Crippen LogP contribution in [0.15, 0.2) is 47.6 Å². The number of benzene rings is 1. The lowest BCUT2D eigenvalue weighted by Gasteiger charge is -2.19. The summed E-state index contributed by atoms with van der Waals surface area (Å²) >= 11 is 0. The molecule has 0 unspecified atom stereocenters. The second-order valence-electron chi connectivity index (χ2n) is 3.88. The molecule has 0 spiro atoms. The van der Waals surface area contributed by atoms with Gasteiger partial charge in [0.1, 0.15) is 17.3 Å². The summed E-state index contributed by atoms with van der Waals surface area (Å²) in [6.07, 6.45) is 0. The number of nitrogens with zero attached hydrogens (tertiary/aromatic N) is 3. The maximum absolute atomic E-state index is 13.7. The Morgan fingerprint density at radius 3 is 2.68 bits per heavy atom. The van der Waals surface area contributed by atoms with Gasteiger partial charge in [-0.2, -0.15) is 0 Å². The van der Waals surface area contributed by atoms with Crippen molar-refractivity contribution in [3.05, 3.63) is 54.0 Å². The number of anilines is 2. The van der Waals surface area contributed by atoms with E-state index in [0.29, 0.717) is 17.2 Å². The summed E-state index contributed by atoms with van der Waals surface area (Å²) < 4.78 is 13.7. The molecule has 19 heavy (non-hydrogen) atoms. The molecular formula is C13H13FN4O. The van der Waals surface area contributed by atoms with Gasteiger partial charge in [0, 0.05) is 7.05 Å². The monoisotopic (exact) mass is 260 g/mol. The molecule has 0 aliphatic carbocycles. The van der Waals surface area contributed by atoms with Gasteiger partial charge in [-0.25, -0.2) is 9.37 Å². The van der Waals surface area contributed by atoms with Crippen molar-refractivity contribution < 1.29 is 9.60 Å². The molecule has 1 heterocycles. The second kappa shape index (κ2) is 5.34. The number of amidine groups is 1. The number of nitrogens with two attached hydrogens (primary N) is 1. The molecule has 0 saturated carbocycles. The highest BCUT2D eigenvalue weighted by Gasteiger charge is 2.11. The van der Waals surface area contributed by atoms with Gasteiger partial charge >= 0.3 is 0 Å². The molecule has 0 radical (unpaired) electrons. The van der Waals surface area contributed by atoms with E-state index in [-0.39, 0.29) is 11.7 Å². The average molecular weight is 260 g/mol. The zero-order chi connectivity index (χ0) is 13.8. The quantitative estimate of drug-likeness (QED) is 0.383. The fourth-order valence-electron chi connectivity index (χ4n) is 1.65. The van der Waals surface area contributed by atoms with Gasteiger partial charge in [0.05, 0.1) is 5.69 Å². The summed E-state index contributed by atoms with van der Waals surface area (Å²) in [4.78, 5) is 5.79. The third kappa shape index (κ3) is 2.62. The molecule has 6 heteroatoms. The molecule has 0 amide bonds. The minimum Gasteiger partial charge on any atom is -0.409 e. The van der Waals surface area contributed by atoms with Crippen LogP contribution in [-0.4, -0.2) is 23.1 Å². The lowest BCUT2D eigenvalue weighted by Crippen LogP contribution is -2.18. The Kier molecular flexibility index (Phi) is 3.61.